The van der Waals surface area contributed by atoms with E-state index in [1.807, 2.05) is 0 Å². The molecule has 1 heterocycles. The van der Waals surface area contributed by atoms with E-state index in [0.29, 0.717) is 0 Å². The Morgan fingerprint density at radius 1 is 1.33 bits per heavy atom. The molecule has 0 amide bonds. The lowest BCUT2D eigenvalue weighted by molar-refractivity contribution is 0.173. The number of nitrogens with two attached hydrogens (primary N) is 1. The molecule has 1 atom stereocenters. The summed E-state index contributed by atoms with van der Waals surface area (Å²) in [5.74, 6) is 0. The molecule has 0 spiro atoms. The summed E-state index contributed by atoms with van der Waals surface area (Å²) in [6.07, 6.45) is 10.7. The standard InChI is InChI=1S/C13H22N2/c1-11-4-2-3-9-15(11)10-12-5-7-13(14)8-6-12/h5,7,11H,2-4,6,8-10,14H2,1H3/t11-/m0/s1. The van der Waals surface area contributed by atoms with E-state index in [1.165, 1.54) is 25.8 Å². The average Bonchev–Trinajstić information content (AvgIpc) is 2.25. The van der Waals surface area contributed by atoms with Crippen molar-refractivity contribution in [3.63, 3.8) is 0 Å². The van der Waals surface area contributed by atoms with Crippen molar-refractivity contribution in [1.82, 2.24) is 4.90 Å². The molecule has 1 aliphatic heterocycles. The molecule has 2 aliphatic rings. The Bertz CT molecular complexity index is 278. The van der Waals surface area contributed by atoms with E-state index < -0.39 is 0 Å². The minimum absolute atomic E-state index is 0.767. The van der Waals surface area contributed by atoms with E-state index >= 15 is 0 Å². The molecule has 2 heteroatoms. The van der Waals surface area contributed by atoms with Crippen molar-refractivity contribution in [2.75, 3.05) is 13.1 Å². The van der Waals surface area contributed by atoms with Gasteiger partial charge in [-0.15, -0.1) is 0 Å². The first-order valence-electron chi connectivity index (χ1n) is 6.14. The molecule has 15 heavy (non-hydrogen) atoms. The molecule has 0 saturated carbocycles. The van der Waals surface area contributed by atoms with Gasteiger partial charge in [0.25, 0.3) is 0 Å². The number of allylic oxidation sites excluding steroid dienone is 3. The minimum atomic E-state index is 0.767. The van der Waals surface area contributed by atoms with Crippen molar-refractivity contribution >= 4 is 0 Å². The second-order valence-corrected chi connectivity index (χ2v) is 4.88. The summed E-state index contributed by atoms with van der Waals surface area (Å²) in [4.78, 5) is 2.62. The molecule has 84 valence electrons. The van der Waals surface area contributed by atoms with E-state index in [1.54, 1.807) is 5.57 Å². The summed E-state index contributed by atoms with van der Waals surface area (Å²) in [7, 11) is 0. The van der Waals surface area contributed by atoms with Crippen LogP contribution in [-0.4, -0.2) is 24.0 Å². The molecule has 0 aromatic rings. The number of piperidine rings is 1. The molecule has 0 aromatic carbocycles. The first-order chi connectivity index (χ1) is 7.25. The maximum Gasteiger partial charge on any atom is 0.0198 e. The Morgan fingerprint density at radius 2 is 2.20 bits per heavy atom. The molecule has 1 aliphatic carbocycles. The molecule has 1 saturated heterocycles. The SMILES string of the molecule is C[C@H]1CCCCN1CC1=CC=C(N)CC1. The lowest BCUT2D eigenvalue weighted by Crippen LogP contribution is -2.38. The van der Waals surface area contributed by atoms with E-state index in [0.717, 1.165) is 31.1 Å². The number of likely N-dealkylation sites (tertiary alicyclic amines) is 1. The molecule has 0 aromatic heterocycles. The first-order valence-corrected chi connectivity index (χ1v) is 6.14. The molecule has 2 N–H and O–H groups in total. The molecule has 2 nitrogen and oxygen atoms in total. The molecular formula is C13H22N2. The van der Waals surface area contributed by atoms with Gasteiger partial charge in [-0.3, -0.25) is 4.90 Å². The fourth-order valence-electron chi connectivity index (χ4n) is 2.48. The molecule has 0 bridgehead atoms. The van der Waals surface area contributed by atoms with Crippen LogP contribution in [0.4, 0.5) is 0 Å². The predicted octanol–water partition coefficient (Wildman–Crippen LogP) is 2.42. The van der Waals surface area contributed by atoms with E-state index in [2.05, 4.69) is 24.0 Å². The van der Waals surface area contributed by atoms with Crippen LogP contribution in [0.2, 0.25) is 0 Å². The van der Waals surface area contributed by atoms with Crippen molar-refractivity contribution in [3.8, 4) is 0 Å². The predicted molar refractivity (Wildman–Crippen MR) is 64.5 cm³/mol. The first kappa shape index (κ1) is 10.7. The molecule has 0 unspecified atom stereocenters. The fraction of sp³-hybridized carbons (Fsp3) is 0.692. The van der Waals surface area contributed by atoms with Gasteiger partial charge in [0.1, 0.15) is 0 Å². The summed E-state index contributed by atoms with van der Waals surface area (Å²) in [6, 6.07) is 0.767. The summed E-state index contributed by atoms with van der Waals surface area (Å²) >= 11 is 0. The van der Waals surface area contributed by atoms with Crippen LogP contribution in [0.15, 0.2) is 23.4 Å². The van der Waals surface area contributed by atoms with Crippen LogP contribution in [0.5, 0.6) is 0 Å². The Balaban J connectivity index is 1.90. The van der Waals surface area contributed by atoms with Gasteiger partial charge in [0.05, 0.1) is 0 Å². The van der Waals surface area contributed by atoms with Crippen molar-refractivity contribution < 1.29 is 0 Å². The van der Waals surface area contributed by atoms with E-state index in [-0.39, 0.29) is 0 Å². The Kier molecular flexibility index (Phi) is 3.47. The summed E-state index contributed by atoms with van der Waals surface area (Å²) in [5, 5.41) is 0. The highest BCUT2D eigenvalue weighted by Crippen LogP contribution is 2.21. The van der Waals surface area contributed by atoms with Crippen LogP contribution in [0.3, 0.4) is 0 Å². The topological polar surface area (TPSA) is 29.3 Å². The molecule has 0 radical (unpaired) electrons. The third-order valence-corrected chi connectivity index (χ3v) is 3.61. The third kappa shape index (κ3) is 2.85. The van der Waals surface area contributed by atoms with Crippen LogP contribution < -0.4 is 5.73 Å². The van der Waals surface area contributed by atoms with Gasteiger partial charge in [-0.2, -0.15) is 0 Å². The molecule has 2 rings (SSSR count). The monoisotopic (exact) mass is 206 g/mol. The van der Waals surface area contributed by atoms with E-state index in [9.17, 15) is 0 Å². The van der Waals surface area contributed by atoms with Gasteiger partial charge in [0.2, 0.25) is 0 Å². The average molecular weight is 206 g/mol. The summed E-state index contributed by atoms with van der Waals surface area (Å²) in [6.45, 7) is 4.79. The number of rotatable bonds is 2. The maximum atomic E-state index is 5.76. The highest BCUT2D eigenvalue weighted by atomic mass is 15.2. The Labute approximate surface area is 92.8 Å². The highest BCUT2D eigenvalue weighted by Gasteiger charge is 2.19. The maximum absolute atomic E-state index is 5.76. The van der Waals surface area contributed by atoms with Crippen LogP contribution in [-0.2, 0) is 0 Å². The van der Waals surface area contributed by atoms with Crippen LogP contribution in [0.1, 0.15) is 39.0 Å². The zero-order chi connectivity index (χ0) is 10.7. The summed E-state index contributed by atoms with van der Waals surface area (Å²) in [5.41, 5.74) is 8.35. The number of hydrogen-bond donors (Lipinski definition) is 1. The van der Waals surface area contributed by atoms with Gasteiger partial charge in [0.15, 0.2) is 0 Å². The van der Waals surface area contributed by atoms with Gasteiger partial charge < -0.3 is 5.73 Å². The Hall–Kier alpha value is -0.760. The lowest BCUT2D eigenvalue weighted by Gasteiger charge is -2.34. The smallest absolute Gasteiger partial charge is 0.0198 e. The fourth-order valence-corrected chi connectivity index (χ4v) is 2.48. The van der Waals surface area contributed by atoms with E-state index in [4.69, 9.17) is 5.73 Å². The Morgan fingerprint density at radius 3 is 2.87 bits per heavy atom. The molecule has 1 fully saturated rings. The van der Waals surface area contributed by atoms with Gasteiger partial charge in [-0.05, 0) is 45.2 Å². The van der Waals surface area contributed by atoms with Gasteiger partial charge >= 0.3 is 0 Å². The quantitative estimate of drug-likeness (QED) is 0.752. The second-order valence-electron chi connectivity index (χ2n) is 4.88. The van der Waals surface area contributed by atoms with Crippen LogP contribution in [0, 0.1) is 0 Å². The largest absolute Gasteiger partial charge is 0.402 e. The normalized spacial score (nSPS) is 28.5. The number of hydrogen-bond acceptors (Lipinski definition) is 2. The highest BCUT2D eigenvalue weighted by molar-refractivity contribution is 5.23. The molecular weight excluding hydrogens is 184 g/mol. The van der Waals surface area contributed by atoms with Crippen molar-refractivity contribution in [2.24, 2.45) is 5.73 Å². The second kappa shape index (κ2) is 4.84. The zero-order valence-electron chi connectivity index (χ0n) is 9.71. The van der Waals surface area contributed by atoms with Gasteiger partial charge in [-0.1, -0.05) is 18.1 Å². The van der Waals surface area contributed by atoms with Crippen LogP contribution >= 0.6 is 0 Å². The van der Waals surface area contributed by atoms with Crippen molar-refractivity contribution in [3.05, 3.63) is 23.4 Å². The minimum Gasteiger partial charge on any atom is -0.402 e. The van der Waals surface area contributed by atoms with Crippen molar-refractivity contribution in [2.45, 2.75) is 45.1 Å². The van der Waals surface area contributed by atoms with Crippen molar-refractivity contribution in [1.29, 1.82) is 0 Å². The van der Waals surface area contributed by atoms with Crippen LogP contribution in [0.25, 0.3) is 0 Å². The van der Waals surface area contributed by atoms with Gasteiger partial charge in [-0.25, -0.2) is 0 Å². The summed E-state index contributed by atoms with van der Waals surface area (Å²) < 4.78 is 0. The van der Waals surface area contributed by atoms with Gasteiger partial charge in [0, 0.05) is 18.3 Å². The zero-order valence-corrected chi connectivity index (χ0v) is 9.71. The lowest BCUT2D eigenvalue weighted by atomic mass is 9.99. The number of nitrogens with zero attached hydrogens (tertiary/aromatic N) is 1. The third-order valence-electron chi connectivity index (χ3n) is 3.61.